The predicted molar refractivity (Wildman–Crippen MR) is 115 cm³/mol. The Morgan fingerprint density at radius 3 is 2.26 bits per heavy atom. The Morgan fingerprint density at radius 2 is 1.77 bits per heavy atom. The predicted octanol–water partition coefficient (Wildman–Crippen LogP) is -1.80. The second kappa shape index (κ2) is 13.8. The fraction of sp³-hybridized carbons (Fsp3) is 0.647. The molecule has 2 amide bonds. The van der Waals surface area contributed by atoms with Crippen LogP contribution in [0.2, 0.25) is 0 Å². The SMILES string of the molecule is CCC(C)[C@H](N)C(=O)N[C@@H](CCCN=C(N)N)C(=O)N[C@@H](/C=C\CP(=O)(O)O)C(=O)O. The Hall–Kier alpha value is -2.47. The molecule has 0 fully saturated rings. The van der Waals surface area contributed by atoms with E-state index in [1.165, 1.54) is 0 Å². The first-order chi connectivity index (χ1) is 14.3. The van der Waals surface area contributed by atoms with Crippen LogP contribution in [0.3, 0.4) is 0 Å². The zero-order valence-electron chi connectivity index (χ0n) is 17.6. The Morgan fingerprint density at radius 1 is 1.16 bits per heavy atom. The number of carbonyl (C=O) groups excluding carboxylic acids is 2. The van der Waals surface area contributed by atoms with Gasteiger partial charge in [-0.25, -0.2) is 4.79 Å². The Balaban J connectivity index is 5.33. The van der Waals surface area contributed by atoms with Crippen LogP contribution in [0.1, 0.15) is 33.1 Å². The molecular weight excluding hydrogens is 431 g/mol. The topological polar surface area (TPSA) is 243 Å². The van der Waals surface area contributed by atoms with E-state index in [0.29, 0.717) is 12.8 Å². The Kier molecular flexibility index (Phi) is 12.7. The van der Waals surface area contributed by atoms with Crippen LogP contribution in [0.4, 0.5) is 0 Å². The summed E-state index contributed by atoms with van der Waals surface area (Å²) in [6.07, 6.45) is 2.27. The van der Waals surface area contributed by atoms with Crippen LogP contribution in [0.15, 0.2) is 17.1 Å². The summed E-state index contributed by atoms with van der Waals surface area (Å²) in [6, 6.07) is -3.54. The average molecular weight is 464 g/mol. The molecule has 0 saturated heterocycles. The summed E-state index contributed by atoms with van der Waals surface area (Å²) in [7, 11) is -4.37. The van der Waals surface area contributed by atoms with Crippen molar-refractivity contribution in [1.82, 2.24) is 10.6 Å². The van der Waals surface area contributed by atoms with Crippen molar-refractivity contribution in [3.63, 3.8) is 0 Å². The molecule has 0 aromatic heterocycles. The summed E-state index contributed by atoms with van der Waals surface area (Å²) in [5.74, 6) is -3.10. The summed E-state index contributed by atoms with van der Waals surface area (Å²) >= 11 is 0. The minimum Gasteiger partial charge on any atom is -0.479 e. The summed E-state index contributed by atoms with van der Waals surface area (Å²) in [6.45, 7) is 3.83. The maximum atomic E-state index is 12.6. The maximum absolute atomic E-state index is 12.6. The number of hydrogen-bond donors (Lipinski definition) is 8. The van der Waals surface area contributed by atoms with E-state index in [-0.39, 0.29) is 24.8 Å². The van der Waals surface area contributed by atoms with E-state index in [1.54, 1.807) is 6.92 Å². The van der Waals surface area contributed by atoms with Crippen molar-refractivity contribution in [2.45, 2.75) is 51.2 Å². The van der Waals surface area contributed by atoms with Gasteiger partial charge in [0.25, 0.3) is 0 Å². The molecule has 14 heteroatoms. The normalized spacial score (nSPS) is 15.5. The number of guanidine groups is 1. The quantitative estimate of drug-likeness (QED) is 0.0471. The third kappa shape index (κ3) is 12.7. The molecule has 0 spiro atoms. The van der Waals surface area contributed by atoms with Gasteiger partial charge in [-0.05, 0) is 18.8 Å². The molecular formula is C17H33N6O7P. The third-order valence-electron chi connectivity index (χ3n) is 4.37. The molecule has 0 saturated carbocycles. The average Bonchev–Trinajstić information content (AvgIpc) is 2.66. The zero-order chi connectivity index (χ0) is 24.2. The summed E-state index contributed by atoms with van der Waals surface area (Å²) < 4.78 is 10.9. The smallest absolute Gasteiger partial charge is 0.330 e. The second-order valence-corrected chi connectivity index (χ2v) is 8.72. The zero-order valence-corrected chi connectivity index (χ0v) is 18.5. The lowest BCUT2D eigenvalue weighted by Gasteiger charge is -2.24. The third-order valence-corrected chi connectivity index (χ3v) is 5.06. The van der Waals surface area contributed by atoms with Crippen molar-refractivity contribution in [2.75, 3.05) is 12.7 Å². The Bertz CT molecular complexity index is 720. The van der Waals surface area contributed by atoms with Crippen molar-refractivity contribution >= 4 is 31.3 Å². The molecule has 11 N–H and O–H groups in total. The Labute approximate surface area is 180 Å². The van der Waals surface area contributed by atoms with Gasteiger partial charge in [-0.15, -0.1) is 0 Å². The van der Waals surface area contributed by atoms with Gasteiger partial charge in [-0.2, -0.15) is 0 Å². The van der Waals surface area contributed by atoms with Gasteiger partial charge in [0.2, 0.25) is 11.8 Å². The monoisotopic (exact) mass is 464 g/mol. The van der Waals surface area contributed by atoms with Crippen LogP contribution in [-0.2, 0) is 18.9 Å². The molecule has 0 aromatic rings. The van der Waals surface area contributed by atoms with E-state index in [0.717, 1.165) is 12.2 Å². The number of rotatable bonds is 14. The molecule has 178 valence electrons. The highest BCUT2D eigenvalue weighted by Gasteiger charge is 2.28. The summed E-state index contributed by atoms with van der Waals surface area (Å²) in [5.41, 5.74) is 16.4. The molecule has 0 aliphatic rings. The van der Waals surface area contributed by atoms with Crippen LogP contribution >= 0.6 is 7.60 Å². The van der Waals surface area contributed by atoms with E-state index in [4.69, 9.17) is 27.0 Å². The first-order valence-electron chi connectivity index (χ1n) is 9.64. The number of aliphatic carboxylic acids is 1. The molecule has 13 nitrogen and oxygen atoms in total. The van der Waals surface area contributed by atoms with E-state index in [1.807, 2.05) is 6.92 Å². The second-order valence-electron chi connectivity index (χ2n) is 7.02. The molecule has 4 atom stereocenters. The highest BCUT2D eigenvalue weighted by atomic mass is 31.2. The number of aliphatic imine (C=N–C) groups is 1. The van der Waals surface area contributed by atoms with E-state index >= 15 is 0 Å². The number of nitrogens with zero attached hydrogens (tertiary/aromatic N) is 1. The minimum atomic E-state index is -4.37. The van der Waals surface area contributed by atoms with Crippen LogP contribution < -0.4 is 27.8 Å². The standard InChI is InChI=1S/C17H33N6O7P/c1-3-10(2)13(18)15(25)22-11(6-4-8-21-17(19)20)14(24)23-12(16(26)27)7-5-9-31(28,29)30/h5,7,10-13H,3-4,6,8-9,18H2,1-2H3,(H,22,25)(H,23,24)(H,26,27)(H4,19,20,21)(H2,28,29,30)/b7-5-/t10?,11-,12-,13-/m0/s1. The highest BCUT2D eigenvalue weighted by molar-refractivity contribution is 7.51. The minimum absolute atomic E-state index is 0.0973. The van der Waals surface area contributed by atoms with Crippen molar-refractivity contribution < 1.29 is 33.8 Å². The fourth-order valence-electron chi connectivity index (χ4n) is 2.33. The number of carboxylic acid groups (broad SMARTS) is 1. The number of amides is 2. The molecule has 0 radical (unpaired) electrons. The first kappa shape index (κ1) is 28.5. The van der Waals surface area contributed by atoms with Crippen molar-refractivity contribution in [3.05, 3.63) is 12.2 Å². The van der Waals surface area contributed by atoms with Gasteiger partial charge in [0.1, 0.15) is 12.1 Å². The number of carbonyl (C=O) groups is 3. The molecule has 0 rings (SSSR count). The van der Waals surface area contributed by atoms with Crippen molar-refractivity contribution in [3.8, 4) is 0 Å². The molecule has 0 aromatic carbocycles. The number of hydrogen-bond acceptors (Lipinski definition) is 6. The molecule has 31 heavy (non-hydrogen) atoms. The van der Waals surface area contributed by atoms with Crippen molar-refractivity contribution in [2.24, 2.45) is 28.1 Å². The lowest BCUT2D eigenvalue weighted by Crippen LogP contribution is -2.55. The first-order valence-corrected chi connectivity index (χ1v) is 11.4. The molecule has 0 bridgehead atoms. The number of allylic oxidation sites excluding steroid dienone is 1. The van der Waals surface area contributed by atoms with Gasteiger partial charge in [0.15, 0.2) is 5.96 Å². The lowest BCUT2D eigenvalue weighted by atomic mass is 9.98. The summed E-state index contributed by atoms with van der Waals surface area (Å²) in [5, 5.41) is 14.0. The van der Waals surface area contributed by atoms with E-state index in [2.05, 4.69) is 15.6 Å². The lowest BCUT2D eigenvalue weighted by molar-refractivity contribution is -0.140. The van der Waals surface area contributed by atoms with Gasteiger partial charge in [0.05, 0.1) is 12.2 Å². The van der Waals surface area contributed by atoms with Gasteiger partial charge in [-0.1, -0.05) is 32.4 Å². The highest BCUT2D eigenvalue weighted by Crippen LogP contribution is 2.33. The van der Waals surface area contributed by atoms with Crippen LogP contribution in [0, 0.1) is 5.92 Å². The number of nitrogens with two attached hydrogens (primary N) is 3. The molecule has 0 aliphatic carbocycles. The van der Waals surface area contributed by atoms with Crippen LogP contribution in [0.25, 0.3) is 0 Å². The van der Waals surface area contributed by atoms with Gasteiger partial charge in [0, 0.05) is 6.54 Å². The summed E-state index contributed by atoms with van der Waals surface area (Å²) in [4.78, 5) is 57.9. The molecule has 0 aliphatic heterocycles. The fourth-order valence-corrected chi connectivity index (χ4v) is 2.73. The van der Waals surface area contributed by atoms with Crippen LogP contribution in [0.5, 0.6) is 0 Å². The maximum Gasteiger partial charge on any atom is 0.330 e. The largest absolute Gasteiger partial charge is 0.479 e. The number of nitrogens with one attached hydrogen (secondary N) is 2. The van der Waals surface area contributed by atoms with Gasteiger partial charge < -0.3 is 42.7 Å². The van der Waals surface area contributed by atoms with Crippen molar-refractivity contribution in [1.29, 1.82) is 0 Å². The van der Waals surface area contributed by atoms with Gasteiger partial charge in [-0.3, -0.25) is 19.1 Å². The van der Waals surface area contributed by atoms with E-state index < -0.39 is 49.7 Å². The van der Waals surface area contributed by atoms with Crippen LogP contribution in [-0.4, -0.2) is 69.5 Å². The number of carboxylic acids is 1. The molecule has 0 heterocycles. The van der Waals surface area contributed by atoms with Gasteiger partial charge >= 0.3 is 13.6 Å². The molecule has 1 unspecified atom stereocenters. The van der Waals surface area contributed by atoms with E-state index in [9.17, 15) is 24.1 Å².